The molecule has 1 aromatic carbocycles. The lowest BCUT2D eigenvalue weighted by Crippen LogP contribution is -2.41. The predicted molar refractivity (Wildman–Crippen MR) is 101 cm³/mol. The van der Waals surface area contributed by atoms with E-state index < -0.39 is 5.97 Å². The molecular formula is C20H22N4O2. The summed E-state index contributed by atoms with van der Waals surface area (Å²) in [4.78, 5) is 21.3. The van der Waals surface area contributed by atoms with Crippen LogP contribution in [0.25, 0.3) is 11.0 Å². The molecule has 3 N–H and O–H groups in total. The van der Waals surface area contributed by atoms with E-state index in [2.05, 4.69) is 44.5 Å². The zero-order chi connectivity index (χ0) is 17.9. The number of carboxylic acids is 1. The molecule has 1 atom stereocenters. The summed E-state index contributed by atoms with van der Waals surface area (Å²) in [5, 5.41) is 13.9. The molecule has 1 aliphatic heterocycles. The third-order valence-electron chi connectivity index (χ3n) is 4.92. The van der Waals surface area contributed by atoms with Crippen molar-refractivity contribution in [3.63, 3.8) is 0 Å². The Labute approximate surface area is 151 Å². The molecule has 0 spiro atoms. The number of aromatic carboxylic acids is 1. The molecule has 1 saturated heterocycles. The van der Waals surface area contributed by atoms with E-state index in [1.54, 1.807) is 6.20 Å². The van der Waals surface area contributed by atoms with Crippen LogP contribution in [-0.4, -0.2) is 45.1 Å². The molecule has 1 aliphatic rings. The van der Waals surface area contributed by atoms with Crippen molar-refractivity contribution in [3.8, 4) is 0 Å². The first-order valence-corrected chi connectivity index (χ1v) is 8.93. The summed E-state index contributed by atoms with van der Waals surface area (Å²) in [6.07, 6.45) is 5.33. The van der Waals surface area contributed by atoms with Gasteiger partial charge in [-0.1, -0.05) is 30.3 Å². The van der Waals surface area contributed by atoms with Crippen molar-refractivity contribution in [1.29, 1.82) is 0 Å². The summed E-state index contributed by atoms with van der Waals surface area (Å²) in [5.41, 5.74) is 2.89. The number of carbonyl (C=O) groups is 1. The zero-order valence-electron chi connectivity index (χ0n) is 14.5. The van der Waals surface area contributed by atoms with Gasteiger partial charge in [0.25, 0.3) is 0 Å². The number of piperidine rings is 1. The van der Waals surface area contributed by atoms with Gasteiger partial charge in [-0.2, -0.15) is 0 Å². The van der Waals surface area contributed by atoms with Crippen molar-refractivity contribution in [3.05, 3.63) is 59.9 Å². The highest BCUT2D eigenvalue weighted by Gasteiger charge is 2.23. The van der Waals surface area contributed by atoms with E-state index >= 15 is 0 Å². The fraction of sp³-hybridized carbons (Fsp3) is 0.300. The summed E-state index contributed by atoms with van der Waals surface area (Å²) < 4.78 is 0. The summed E-state index contributed by atoms with van der Waals surface area (Å²) in [6, 6.07) is 12.5. The van der Waals surface area contributed by atoms with E-state index in [0.717, 1.165) is 37.9 Å². The van der Waals surface area contributed by atoms with E-state index in [1.807, 2.05) is 12.1 Å². The number of hydrogen-bond donors (Lipinski definition) is 3. The summed E-state index contributed by atoms with van der Waals surface area (Å²) >= 11 is 0. The Hall–Kier alpha value is -2.86. The molecule has 0 saturated carbocycles. The van der Waals surface area contributed by atoms with Crippen LogP contribution in [0.5, 0.6) is 0 Å². The fourth-order valence-corrected chi connectivity index (χ4v) is 3.69. The second-order valence-electron chi connectivity index (χ2n) is 6.80. The van der Waals surface area contributed by atoms with Gasteiger partial charge in [-0.3, -0.25) is 4.90 Å². The largest absolute Gasteiger partial charge is 0.478 e. The molecule has 0 amide bonds. The van der Waals surface area contributed by atoms with Crippen LogP contribution < -0.4 is 5.32 Å². The number of likely N-dealkylation sites (tertiary alicyclic amines) is 1. The lowest BCUT2D eigenvalue weighted by Gasteiger charge is -2.34. The maximum atomic E-state index is 11.6. The highest BCUT2D eigenvalue weighted by molar-refractivity contribution is 6.03. The fourth-order valence-electron chi connectivity index (χ4n) is 3.69. The molecule has 0 bridgehead atoms. The average molecular weight is 350 g/mol. The van der Waals surface area contributed by atoms with Gasteiger partial charge in [0.2, 0.25) is 0 Å². The smallest absolute Gasteiger partial charge is 0.339 e. The van der Waals surface area contributed by atoms with E-state index in [1.165, 1.54) is 11.8 Å². The monoisotopic (exact) mass is 350 g/mol. The van der Waals surface area contributed by atoms with Crippen molar-refractivity contribution in [2.24, 2.45) is 0 Å². The van der Waals surface area contributed by atoms with Crippen LogP contribution in [0.1, 0.15) is 28.8 Å². The number of pyridine rings is 1. The topological polar surface area (TPSA) is 81.2 Å². The molecule has 0 aliphatic carbocycles. The minimum Gasteiger partial charge on any atom is -0.478 e. The SMILES string of the molecule is O=C(O)c1cnc2[nH]ccc2c1N[C@H]1CCCN(Cc2ccccc2)C1. The normalized spacial score (nSPS) is 18.1. The Kier molecular flexibility index (Phi) is 4.58. The van der Waals surface area contributed by atoms with Gasteiger partial charge in [0, 0.05) is 36.9 Å². The number of nitrogens with zero attached hydrogens (tertiary/aromatic N) is 2. The van der Waals surface area contributed by atoms with E-state index in [4.69, 9.17) is 0 Å². The second-order valence-corrected chi connectivity index (χ2v) is 6.80. The average Bonchev–Trinajstić information content (AvgIpc) is 3.12. The van der Waals surface area contributed by atoms with Crippen LogP contribution in [0, 0.1) is 0 Å². The molecular weight excluding hydrogens is 328 g/mol. The molecule has 134 valence electrons. The molecule has 3 heterocycles. The quantitative estimate of drug-likeness (QED) is 0.657. The number of aromatic amines is 1. The van der Waals surface area contributed by atoms with Gasteiger partial charge in [0.15, 0.2) is 0 Å². The third kappa shape index (κ3) is 3.41. The Balaban J connectivity index is 1.53. The Morgan fingerprint density at radius 2 is 2.15 bits per heavy atom. The van der Waals surface area contributed by atoms with Crippen LogP contribution >= 0.6 is 0 Å². The van der Waals surface area contributed by atoms with Crippen LogP contribution in [0.3, 0.4) is 0 Å². The number of hydrogen-bond acceptors (Lipinski definition) is 4. The molecule has 26 heavy (non-hydrogen) atoms. The first-order valence-electron chi connectivity index (χ1n) is 8.93. The van der Waals surface area contributed by atoms with E-state index in [0.29, 0.717) is 11.3 Å². The van der Waals surface area contributed by atoms with Gasteiger partial charge in [-0.05, 0) is 31.0 Å². The van der Waals surface area contributed by atoms with E-state index in [-0.39, 0.29) is 11.6 Å². The minimum atomic E-state index is -0.958. The lowest BCUT2D eigenvalue weighted by atomic mass is 10.0. The van der Waals surface area contributed by atoms with Crippen molar-refractivity contribution in [2.75, 3.05) is 18.4 Å². The van der Waals surface area contributed by atoms with Gasteiger partial charge in [-0.25, -0.2) is 9.78 Å². The van der Waals surface area contributed by atoms with Crippen LogP contribution in [0.15, 0.2) is 48.8 Å². The van der Waals surface area contributed by atoms with Gasteiger partial charge in [-0.15, -0.1) is 0 Å². The highest BCUT2D eigenvalue weighted by atomic mass is 16.4. The zero-order valence-corrected chi connectivity index (χ0v) is 14.5. The molecule has 4 rings (SSSR count). The summed E-state index contributed by atoms with van der Waals surface area (Å²) in [6.45, 7) is 2.87. The van der Waals surface area contributed by atoms with Crippen molar-refractivity contribution in [2.45, 2.75) is 25.4 Å². The van der Waals surface area contributed by atoms with Crippen LogP contribution in [0.4, 0.5) is 5.69 Å². The molecule has 6 heteroatoms. The Morgan fingerprint density at radius 1 is 1.31 bits per heavy atom. The van der Waals surface area contributed by atoms with Gasteiger partial charge in [0.05, 0.1) is 5.69 Å². The third-order valence-corrected chi connectivity index (χ3v) is 4.92. The molecule has 0 unspecified atom stereocenters. The predicted octanol–water partition coefficient (Wildman–Crippen LogP) is 3.34. The number of fused-ring (bicyclic) bond motifs is 1. The number of carboxylic acid groups (broad SMARTS) is 1. The highest BCUT2D eigenvalue weighted by Crippen LogP contribution is 2.28. The van der Waals surface area contributed by atoms with Crippen LogP contribution in [-0.2, 0) is 6.54 Å². The number of H-pyrrole nitrogens is 1. The number of benzene rings is 1. The summed E-state index contributed by atoms with van der Waals surface area (Å²) in [7, 11) is 0. The standard InChI is InChI=1S/C20H22N4O2/c25-20(26)17-11-22-19-16(8-9-21-19)18(17)23-15-7-4-10-24(13-15)12-14-5-2-1-3-6-14/h1-3,5-6,8-9,11,15H,4,7,10,12-13H2,(H,25,26)(H2,21,22,23)/t15-/m0/s1. The number of rotatable bonds is 5. The van der Waals surface area contributed by atoms with Crippen LogP contribution in [0.2, 0.25) is 0 Å². The minimum absolute atomic E-state index is 0.214. The van der Waals surface area contributed by atoms with Gasteiger partial charge < -0.3 is 15.4 Å². The summed E-state index contributed by atoms with van der Waals surface area (Å²) in [5.74, 6) is -0.958. The van der Waals surface area contributed by atoms with Gasteiger partial charge in [0.1, 0.15) is 11.2 Å². The number of nitrogens with one attached hydrogen (secondary N) is 2. The first kappa shape index (κ1) is 16.6. The van der Waals surface area contributed by atoms with E-state index in [9.17, 15) is 9.90 Å². The first-order chi connectivity index (χ1) is 12.7. The maximum absolute atomic E-state index is 11.6. The van der Waals surface area contributed by atoms with Crippen molar-refractivity contribution >= 4 is 22.7 Å². The molecule has 6 nitrogen and oxygen atoms in total. The van der Waals surface area contributed by atoms with Crippen molar-refractivity contribution in [1.82, 2.24) is 14.9 Å². The lowest BCUT2D eigenvalue weighted by molar-refractivity contribution is 0.0697. The molecule has 2 aromatic heterocycles. The van der Waals surface area contributed by atoms with Gasteiger partial charge >= 0.3 is 5.97 Å². The van der Waals surface area contributed by atoms with Crippen molar-refractivity contribution < 1.29 is 9.90 Å². The molecule has 0 radical (unpaired) electrons. The molecule has 3 aromatic rings. The Morgan fingerprint density at radius 3 is 2.96 bits per heavy atom. The second kappa shape index (κ2) is 7.17. The number of aromatic nitrogens is 2. The Bertz CT molecular complexity index is 907. The maximum Gasteiger partial charge on any atom is 0.339 e. The number of anilines is 1. The molecule has 1 fully saturated rings.